The van der Waals surface area contributed by atoms with Gasteiger partial charge in [-0.05, 0) is 52.7 Å². The summed E-state index contributed by atoms with van der Waals surface area (Å²) in [4.78, 5) is 0. The molecule has 0 bridgehead atoms. The molecule has 0 aliphatic heterocycles. The highest BCUT2D eigenvalue weighted by molar-refractivity contribution is 14.1. The number of nitrogens with one attached hydrogen (secondary N) is 1. The third-order valence-corrected chi connectivity index (χ3v) is 4.31. The van der Waals surface area contributed by atoms with Crippen molar-refractivity contribution >= 4 is 33.9 Å². The highest BCUT2D eigenvalue weighted by Gasteiger charge is 2.19. The van der Waals surface area contributed by atoms with E-state index in [2.05, 4.69) is 27.9 Å². The minimum atomic E-state index is -0.812. The molecule has 1 unspecified atom stereocenters. The van der Waals surface area contributed by atoms with Crippen LogP contribution in [0.1, 0.15) is 17.2 Å². The van der Waals surface area contributed by atoms with E-state index < -0.39 is 11.6 Å². The van der Waals surface area contributed by atoms with Gasteiger partial charge >= 0.3 is 0 Å². The van der Waals surface area contributed by atoms with Gasteiger partial charge in [0.05, 0.1) is 8.93 Å². The lowest BCUT2D eigenvalue weighted by atomic mass is 10.0. The van der Waals surface area contributed by atoms with Crippen LogP contribution < -0.4 is 5.32 Å². The number of hydrogen-bond acceptors (Lipinski definition) is 2. The van der Waals surface area contributed by atoms with Crippen LogP contribution in [-0.2, 0) is 0 Å². The minimum Gasteiger partial charge on any atom is -0.309 e. The fraction of sp³-hybridized carbons (Fsp3) is 0.167. The van der Waals surface area contributed by atoms with E-state index >= 15 is 0 Å². The van der Waals surface area contributed by atoms with Crippen LogP contribution in [0, 0.1) is 14.5 Å². The molecule has 0 saturated heterocycles. The van der Waals surface area contributed by atoms with E-state index in [0.717, 1.165) is 14.5 Å². The van der Waals surface area contributed by atoms with Gasteiger partial charge in [-0.2, -0.15) is 0 Å². The van der Waals surface area contributed by atoms with Crippen LogP contribution in [0.4, 0.5) is 8.78 Å². The van der Waals surface area contributed by atoms with E-state index in [-0.39, 0.29) is 6.04 Å². The Morgan fingerprint density at radius 2 is 2.12 bits per heavy atom. The molecule has 1 heterocycles. The first-order valence-corrected chi connectivity index (χ1v) is 6.94. The molecule has 0 fully saturated rings. The van der Waals surface area contributed by atoms with Gasteiger partial charge in [-0.3, -0.25) is 0 Å². The largest absolute Gasteiger partial charge is 0.309 e. The molecule has 0 aliphatic carbocycles. The second-order valence-corrected chi connectivity index (χ2v) is 6.35. The van der Waals surface area contributed by atoms with Crippen LogP contribution >= 0.6 is 33.9 Å². The standard InChI is InChI=1S/C12H10F2INS/c1-16-12(7-5-10(15)17-6-7)8-3-2-4-9(13)11(8)14/h2-6,12,16H,1H3. The van der Waals surface area contributed by atoms with E-state index in [0.29, 0.717) is 5.56 Å². The van der Waals surface area contributed by atoms with Crippen LogP contribution in [0.5, 0.6) is 0 Å². The lowest BCUT2D eigenvalue weighted by Crippen LogP contribution is -2.18. The molecule has 0 saturated carbocycles. The summed E-state index contributed by atoms with van der Waals surface area (Å²) in [6.45, 7) is 0. The average Bonchev–Trinajstić information content (AvgIpc) is 2.72. The summed E-state index contributed by atoms with van der Waals surface area (Å²) in [6.07, 6.45) is 0. The lowest BCUT2D eigenvalue weighted by Gasteiger charge is -2.16. The Balaban J connectivity index is 2.45. The smallest absolute Gasteiger partial charge is 0.163 e. The summed E-state index contributed by atoms with van der Waals surface area (Å²) < 4.78 is 28.0. The summed E-state index contributed by atoms with van der Waals surface area (Å²) in [5.41, 5.74) is 1.29. The third-order valence-electron chi connectivity index (χ3n) is 2.50. The molecule has 0 amide bonds. The van der Waals surface area contributed by atoms with Gasteiger partial charge in [0.2, 0.25) is 0 Å². The molecule has 1 aromatic heterocycles. The van der Waals surface area contributed by atoms with E-state index in [1.807, 2.05) is 11.4 Å². The number of thiophene rings is 1. The Morgan fingerprint density at radius 1 is 1.35 bits per heavy atom. The highest BCUT2D eigenvalue weighted by atomic mass is 127. The Hall–Kier alpha value is -0.530. The number of rotatable bonds is 3. The summed E-state index contributed by atoms with van der Waals surface area (Å²) in [5.74, 6) is -1.60. The Morgan fingerprint density at radius 3 is 2.71 bits per heavy atom. The molecule has 0 aliphatic rings. The van der Waals surface area contributed by atoms with Crippen LogP contribution in [-0.4, -0.2) is 7.05 Å². The Labute approximate surface area is 116 Å². The van der Waals surface area contributed by atoms with E-state index in [1.165, 1.54) is 6.07 Å². The zero-order valence-corrected chi connectivity index (χ0v) is 12.0. The van der Waals surface area contributed by atoms with Gasteiger partial charge < -0.3 is 5.32 Å². The Kier molecular flexibility index (Phi) is 4.11. The summed E-state index contributed by atoms with van der Waals surface area (Å²) in [7, 11) is 1.74. The highest BCUT2D eigenvalue weighted by Crippen LogP contribution is 2.29. The molecular formula is C12H10F2INS. The fourth-order valence-electron chi connectivity index (χ4n) is 1.72. The molecule has 2 rings (SSSR count). The molecule has 1 N–H and O–H groups in total. The van der Waals surface area contributed by atoms with Crippen molar-refractivity contribution in [2.45, 2.75) is 6.04 Å². The van der Waals surface area contributed by atoms with Gasteiger partial charge in [0, 0.05) is 5.56 Å². The predicted octanol–water partition coefficient (Wildman–Crippen LogP) is 3.94. The van der Waals surface area contributed by atoms with Crippen molar-refractivity contribution in [3.63, 3.8) is 0 Å². The fourth-order valence-corrected chi connectivity index (χ4v) is 3.12. The van der Waals surface area contributed by atoms with E-state index in [4.69, 9.17) is 0 Å². The van der Waals surface area contributed by atoms with Crippen molar-refractivity contribution in [3.05, 3.63) is 55.3 Å². The molecule has 0 radical (unpaired) electrons. The van der Waals surface area contributed by atoms with Crippen LogP contribution in [0.15, 0.2) is 29.6 Å². The topological polar surface area (TPSA) is 12.0 Å². The second kappa shape index (κ2) is 5.41. The molecular weight excluding hydrogens is 355 g/mol. The van der Waals surface area contributed by atoms with Crippen molar-refractivity contribution in [2.75, 3.05) is 7.05 Å². The van der Waals surface area contributed by atoms with Crippen molar-refractivity contribution < 1.29 is 8.78 Å². The molecule has 2 aromatic rings. The van der Waals surface area contributed by atoms with Gasteiger partial charge in [-0.1, -0.05) is 12.1 Å². The molecule has 17 heavy (non-hydrogen) atoms. The number of benzene rings is 1. The number of hydrogen-bond donors (Lipinski definition) is 1. The van der Waals surface area contributed by atoms with E-state index in [9.17, 15) is 8.78 Å². The van der Waals surface area contributed by atoms with Crippen LogP contribution in [0.2, 0.25) is 0 Å². The van der Waals surface area contributed by atoms with Gasteiger partial charge in [0.1, 0.15) is 0 Å². The summed E-state index contributed by atoms with van der Waals surface area (Å²) >= 11 is 3.79. The lowest BCUT2D eigenvalue weighted by molar-refractivity contribution is 0.487. The SMILES string of the molecule is CNC(c1csc(I)c1)c1cccc(F)c1F. The van der Waals surface area contributed by atoms with Crippen molar-refractivity contribution in [2.24, 2.45) is 0 Å². The number of halogens is 3. The van der Waals surface area contributed by atoms with Crippen molar-refractivity contribution in [1.29, 1.82) is 0 Å². The molecule has 1 nitrogen and oxygen atoms in total. The third kappa shape index (κ3) is 2.66. The normalized spacial score (nSPS) is 12.7. The summed E-state index contributed by atoms with van der Waals surface area (Å²) in [5, 5.41) is 4.96. The first-order valence-electron chi connectivity index (χ1n) is 4.98. The molecule has 1 aromatic carbocycles. The van der Waals surface area contributed by atoms with Gasteiger partial charge in [0.25, 0.3) is 0 Å². The first-order chi connectivity index (χ1) is 8.13. The second-order valence-electron chi connectivity index (χ2n) is 3.55. The quantitative estimate of drug-likeness (QED) is 0.813. The maximum absolute atomic E-state index is 13.7. The minimum absolute atomic E-state index is 0.314. The van der Waals surface area contributed by atoms with Gasteiger partial charge in [-0.25, -0.2) is 8.78 Å². The maximum atomic E-state index is 13.7. The maximum Gasteiger partial charge on any atom is 0.163 e. The molecule has 1 atom stereocenters. The molecule has 90 valence electrons. The predicted molar refractivity (Wildman–Crippen MR) is 74.3 cm³/mol. The van der Waals surface area contributed by atoms with Crippen LogP contribution in [0.3, 0.4) is 0 Å². The van der Waals surface area contributed by atoms with Gasteiger partial charge in [0.15, 0.2) is 11.6 Å². The monoisotopic (exact) mass is 365 g/mol. The van der Waals surface area contributed by atoms with Gasteiger partial charge in [-0.15, -0.1) is 11.3 Å². The molecule has 0 spiro atoms. The zero-order chi connectivity index (χ0) is 12.4. The molecule has 5 heteroatoms. The Bertz CT molecular complexity index is 527. The average molecular weight is 365 g/mol. The summed E-state index contributed by atoms with van der Waals surface area (Å²) in [6, 6.07) is 5.91. The van der Waals surface area contributed by atoms with E-state index in [1.54, 1.807) is 24.5 Å². The zero-order valence-electron chi connectivity index (χ0n) is 9.01. The van der Waals surface area contributed by atoms with Crippen LogP contribution in [0.25, 0.3) is 0 Å². The van der Waals surface area contributed by atoms with Crippen molar-refractivity contribution in [1.82, 2.24) is 5.32 Å². The van der Waals surface area contributed by atoms with Crippen molar-refractivity contribution in [3.8, 4) is 0 Å². The first kappa shape index (κ1) is 12.9.